The van der Waals surface area contributed by atoms with Crippen molar-refractivity contribution in [3.8, 4) is 0 Å². The van der Waals surface area contributed by atoms with Crippen LogP contribution in [0.4, 0.5) is 0 Å². The van der Waals surface area contributed by atoms with Crippen molar-refractivity contribution >= 4 is 11.7 Å². The minimum atomic E-state index is -0.250. The quantitative estimate of drug-likeness (QED) is 0.632. The zero-order valence-corrected chi connectivity index (χ0v) is 8.68. The second kappa shape index (κ2) is 5.70. The molecule has 0 radical (unpaired) electrons. The molecule has 0 heterocycles. The summed E-state index contributed by atoms with van der Waals surface area (Å²) in [6.07, 6.45) is 0. The monoisotopic (exact) mass is 186 g/mol. The number of hydrogen-bond acceptors (Lipinski definition) is 3. The van der Waals surface area contributed by atoms with Gasteiger partial charge in [-0.05, 0) is 14.0 Å². The lowest BCUT2D eigenvalue weighted by Gasteiger charge is -2.11. The van der Waals surface area contributed by atoms with Gasteiger partial charge in [-0.25, -0.2) is 0 Å². The third-order valence-electron chi connectivity index (χ3n) is 1.91. The summed E-state index contributed by atoms with van der Waals surface area (Å²) in [6, 6.07) is -0.250. The van der Waals surface area contributed by atoms with Gasteiger partial charge in [-0.1, -0.05) is 13.8 Å². The molecule has 0 aromatic heterocycles. The largest absolute Gasteiger partial charge is 0.348 e. The van der Waals surface area contributed by atoms with Gasteiger partial charge in [-0.2, -0.15) is 0 Å². The summed E-state index contributed by atoms with van der Waals surface area (Å²) < 4.78 is 0. The molecular formula is C9H18N2O2. The Morgan fingerprint density at radius 1 is 1.23 bits per heavy atom. The fourth-order valence-electron chi connectivity index (χ4n) is 0.663. The van der Waals surface area contributed by atoms with E-state index in [9.17, 15) is 9.59 Å². The predicted molar refractivity (Wildman–Crippen MR) is 51.4 cm³/mol. The van der Waals surface area contributed by atoms with Crippen molar-refractivity contribution in [2.45, 2.75) is 26.8 Å². The van der Waals surface area contributed by atoms with Gasteiger partial charge in [0, 0.05) is 5.92 Å². The predicted octanol–water partition coefficient (Wildman–Crippen LogP) is -0.0644. The standard InChI is InChI=1S/C9H18N2O2/c1-6(2)8(12)5-11-9(13)7(3)10-4/h6-7,10H,5H2,1-4H3,(H,11,13). The molecule has 0 fully saturated rings. The molecule has 0 aliphatic rings. The molecule has 0 aromatic rings. The summed E-state index contributed by atoms with van der Waals surface area (Å²) in [5.41, 5.74) is 0. The molecule has 0 aromatic carbocycles. The Morgan fingerprint density at radius 2 is 1.77 bits per heavy atom. The Labute approximate surface area is 79.1 Å². The Balaban J connectivity index is 3.77. The maximum Gasteiger partial charge on any atom is 0.237 e. The molecule has 0 aliphatic heterocycles. The number of rotatable bonds is 5. The average molecular weight is 186 g/mol. The van der Waals surface area contributed by atoms with Crippen LogP contribution in [-0.4, -0.2) is 31.3 Å². The average Bonchev–Trinajstić information content (AvgIpc) is 2.11. The molecule has 0 aliphatic carbocycles. The molecule has 1 amide bonds. The van der Waals surface area contributed by atoms with Crippen LogP contribution >= 0.6 is 0 Å². The summed E-state index contributed by atoms with van der Waals surface area (Å²) in [7, 11) is 1.70. The number of carbonyl (C=O) groups excluding carboxylic acids is 2. The molecule has 0 saturated heterocycles. The summed E-state index contributed by atoms with van der Waals surface area (Å²) in [5, 5.41) is 5.36. The van der Waals surface area contributed by atoms with Crippen LogP contribution in [0.2, 0.25) is 0 Å². The van der Waals surface area contributed by atoms with E-state index in [2.05, 4.69) is 10.6 Å². The van der Waals surface area contributed by atoms with Gasteiger partial charge in [0.1, 0.15) is 0 Å². The van der Waals surface area contributed by atoms with Crippen LogP contribution in [0.3, 0.4) is 0 Å². The molecule has 0 saturated carbocycles. The van der Waals surface area contributed by atoms with Gasteiger partial charge in [0.05, 0.1) is 12.6 Å². The van der Waals surface area contributed by atoms with E-state index >= 15 is 0 Å². The first-order valence-electron chi connectivity index (χ1n) is 4.46. The highest BCUT2D eigenvalue weighted by atomic mass is 16.2. The number of ketones is 1. The SMILES string of the molecule is CNC(C)C(=O)NCC(=O)C(C)C. The molecule has 4 nitrogen and oxygen atoms in total. The molecule has 76 valence electrons. The van der Waals surface area contributed by atoms with Crippen molar-refractivity contribution in [3.63, 3.8) is 0 Å². The number of carbonyl (C=O) groups is 2. The third kappa shape index (κ3) is 4.62. The van der Waals surface area contributed by atoms with Crippen LogP contribution < -0.4 is 10.6 Å². The maximum atomic E-state index is 11.2. The van der Waals surface area contributed by atoms with Crippen LogP contribution in [0.1, 0.15) is 20.8 Å². The smallest absolute Gasteiger partial charge is 0.237 e. The van der Waals surface area contributed by atoms with Crippen LogP contribution in [0.5, 0.6) is 0 Å². The van der Waals surface area contributed by atoms with E-state index < -0.39 is 0 Å². The maximum absolute atomic E-state index is 11.2. The van der Waals surface area contributed by atoms with E-state index in [0.717, 1.165) is 0 Å². The fraction of sp³-hybridized carbons (Fsp3) is 0.778. The van der Waals surface area contributed by atoms with Crippen molar-refractivity contribution in [2.24, 2.45) is 5.92 Å². The lowest BCUT2D eigenvalue weighted by Crippen LogP contribution is -2.42. The Bertz CT molecular complexity index is 190. The molecular weight excluding hydrogens is 168 g/mol. The summed E-state index contributed by atoms with van der Waals surface area (Å²) in [4.78, 5) is 22.3. The van der Waals surface area contributed by atoms with Gasteiger partial charge < -0.3 is 10.6 Å². The highest BCUT2D eigenvalue weighted by Gasteiger charge is 2.12. The molecule has 0 spiro atoms. The summed E-state index contributed by atoms with van der Waals surface area (Å²) in [5.74, 6) is -0.113. The van der Waals surface area contributed by atoms with Crippen LogP contribution in [-0.2, 0) is 9.59 Å². The summed E-state index contributed by atoms with van der Waals surface area (Å²) >= 11 is 0. The van der Waals surface area contributed by atoms with Crippen molar-refractivity contribution in [2.75, 3.05) is 13.6 Å². The molecule has 0 bridgehead atoms. The van der Waals surface area contributed by atoms with Gasteiger partial charge in [-0.15, -0.1) is 0 Å². The van der Waals surface area contributed by atoms with Crippen molar-refractivity contribution < 1.29 is 9.59 Å². The topological polar surface area (TPSA) is 58.2 Å². The third-order valence-corrected chi connectivity index (χ3v) is 1.91. The Kier molecular flexibility index (Phi) is 5.30. The fourth-order valence-corrected chi connectivity index (χ4v) is 0.663. The second-order valence-electron chi connectivity index (χ2n) is 3.35. The van der Waals surface area contributed by atoms with Crippen molar-refractivity contribution in [1.82, 2.24) is 10.6 Å². The first kappa shape index (κ1) is 12.1. The van der Waals surface area contributed by atoms with Gasteiger partial charge >= 0.3 is 0 Å². The molecule has 1 unspecified atom stereocenters. The zero-order valence-electron chi connectivity index (χ0n) is 8.68. The van der Waals surface area contributed by atoms with Gasteiger partial charge in [0.2, 0.25) is 5.91 Å². The second-order valence-corrected chi connectivity index (χ2v) is 3.35. The first-order valence-corrected chi connectivity index (χ1v) is 4.46. The Hall–Kier alpha value is -0.900. The van der Waals surface area contributed by atoms with E-state index in [1.54, 1.807) is 14.0 Å². The van der Waals surface area contributed by atoms with Gasteiger partial charge in [0.25, 0.3) is 0 Å². The lowest BCUT2D eigenvalue weighted by molar-refractivity contribution is -0.127. The normalized spacial score (nSPS) is 12.7. The highest BCUT2D eigenvalue weighted by molar-refractivity contribution is 5.88. The van der Waals surface area contributed by atoms with Crippen LogP contribution in [0.15, 0.2) is 0 Å². The van der Waals surface area contributed by atoms with E-state index in [1.807, 2.05) is 13.8 Å². The minimum absolute atomic E-state index is 0.0230. The molecule has 2 N–H and O–H groups in total. The highest BCUT2D eigenvalue weighted by Crippen LogP contribution is 1.92. The molecule has 4 heteroatoms. The number of likely N-dealkylation sites (N-methyl/N-ethyl adjacent to an activating group) is 1. The summed E-state index contributed by atoms with van der Waals surface area (Å²) in [6.45, 7) is 5.50. The van der Waals surface area contributed by atoms with E-state index in [1.165, 1.54) is 0 Å². The van der Waals surface area contributed by atoms with Crippen LogP contribution in [0, 0.1) is 5.92 Å². The van der Waals surface area contributed by atoms with Gasteiger partial charge in [-0.3, -0.25) is 9.59 Å². The lowest BCUT2D eigenvalue weighted by atomic mass is 10.1. The number of Topliss-reactive ketones (excluding diaryl/α,β-unsaturated/α-hetero) is 1. The van der Waals surface area contributed by atoms with Gasteiger partial charge in [0.15, 0.2) is 5.78 Å². The Morgan fingerprint density at radius 3 is 2.15 bits per heavy atom. The zero-order chi connectivity index (χ0) is 10.4. The number of amides is 1. The molecule has 13 heavy (non-hydrogen) atoms. The molecule has 1 atom stereocenters. The van der Waals surface area contributed by atoms with E-state index in [4.69, 9.17) is 0 Å². The minimum Gasteiger partial charge on any atom is -0.348 e. The van der Waals surface area contributed by atoms with Crippen LogP contribution in [0.25, 0.3) is 0 Å². The molecule has 0 rings (SSSR count). The van der Waals surface area contributed by atoms with E-state index in [-0.39, 0.29) is 30.2 Å². The number of hydrogen-bond donors (Lipinski definition) is 2. The first-order chi connectivity index (χ1) is 5.99. The van der Waals surface area contributed by atoms with E-state index in [0.29, 0.717) is 0 Å². The number of nitrogens with one attached hydrogen (secondary N) is 2. The van der Waals surface area contributed by atoms with Crippen molar-refractivity contribution in [1.29, 1.82) is 0 Å². The van der Waals surface area contributed by atoms with Crippen molar-refractivity contribution in [3.05, 3.63) is 0 Å².